The Morgan fingerprint density at radius 3 is 2.18 bits per heavy atom. The molecule has 0 bridgehead atoms. The number of carbonyl (C=O) groups excluding carboxylic acids is 2. The third-order valence-electron chi connectivity index (χ3n) is 2.06. The number of hydrogen-bond acceptors (Lipinski definition) is 6. The highest BCUT2D eigenvalue weighted by Crippen LogP contribution is 2.34. The number of esters is 1. The van der Waals surface area contributed by atoms with Gasteiger partial charge in [0.1, 0.15) is 0 Å². The van der Waals surface area contributed by atoms with Gasteiger partial charge >= 0.3 is 5.97 Å². The summed E-state index contributed by atoms with van der Waals surface area (Å²) in [5.74, 6) is -3.22. The van der Waals surface area contributed by atoms with Gasteiger partial charge in [-0.05, 0) is 13.5 Å². The van der Waals surface area contributed by atoms with Crippen molar-refractivity contribution in [2.24, 2.45) is 5.92 Å². The Morgan fingerprint density at radius 1 is 1.29 bits per heavy atom. The molecule has 0 aromatic heterocycles. The van der Waals surface area contributed by atoms with Crippen LogP contribution < -0.4 is 15.1 Å². The number of methoxy groups -OCH3 is 1. The molecule has 8 heteroatoms. The minimum Gasteiger partial charge on any atom is -0.809 e. The molecule has 100 valence electrons. The smallest absolute Gasteiger partial charge is 0.306 e. The molecule has 0 aliphatic rings. The molecule has 0 aromatic carbocycles. The van der Waals surface area contributed by atoms with Gasteiger partial charge in [0, 0.05) is 6.42 Å². The molecule has 17 heavy (non-hydrogen) atoms. The van der Waals surface area contributed by atoms with Crippen molar-refractivity contribution in [2.45, 2.75) is 32.5 Å². The first-order valence-electron chi connectivity index (χ1n) is 5.06. The summed E-state index contributed by atoms with van der Waals surface area (Å²) in [5.41, 5.74) is 0. The summed E-state index contributed by atoms with van der Waals surface area (Å²) in [6.45, 7) is 3.02. The molecule has 0 fully saturated rings. The topological polar surface area (TPSA) is 119 Å². The molecule has 0 radical (unpaired) electrons. The summed E-state index contributed by atoms with van der Waals surface area (Å²) in [4.78, 5) is 43.8. The lowest BCUT2D eigenvalue weighted by Crippen LogP contribution is -2.44. The molecule has 1 unspecified atom stereocenters. The zero-order chi connectivity index (χ0) is 13.6. The summed E-state index contributed by atoms with van der Waals surface area (Å²) in [7, 11) is -3.71. The van der Waals surface area contributed by atoms with E-state index in [0.717, 1.165) is 0 Å². The largest absolute Gasteiger partial charge is 0.809 e. The van der Waals surface area contributed by atoms with Crippen LogP contribution >= 0.6 is 7.60 Å². The number of rotatable bonds is 6. The van der Waals surface area contributed by atoms with Gasteiger partial charge < -0.3 is 24.4 Å². The molecule has 1 atom stereocenters. The summed E-state index contributed by atoms with van der Waals surface area (Å²) in [6, 6.07) is 0. The van der Waals surface area contributed by atoms with Gasteiger partial charge in [-0.25, -0.2) is 0 Å². The van der Waals surface area contributed by atoms with Crippen LogP contribution in [0.2, 0.25) is 0 Å². The van der Waals surface area contributed by atoms with E-state index in [2.05, 4.69) is 10.1 Å². The first-order chi connectivity index (χ1) is 7.68. The average molecular weight is 265 g/mol. The molecular formula is C9H16NO6P-2. The van der Waals surface area contributed by atoms with E-state index in [1.165, 1.54) is 21.0 Å². The second-order valence-corrected chi connectivity index (χ2v) is 5.51. The molecule has 0 aliphatic heterocycles. The fourth-order valence-electron chi connectivity index (χ4n) is 1.17. The molecule has 0 rings (SSSR count). The Labute approximate surface area is 99.7 Å². The molecule has 0 saturated carbocycles. The molecule has 0 aromatic rings. The Hall–Kier alpha value is -0.910. The highest BCUT2D eigenvalue weighted by molar-refractivity contribution is 7.49. The van der Waals surface area contributed by atoms with Gasteiger partial charge in [-0.3, -0.25) is 9.59 Å². The molecule has 0 aliphatic carbocycles. The van der Waals surface area contributed by atoms with Crippen molar-refractivity contribution >= 4 is 19.5 Å². The van der Waals surface area contributed by atoms with E-state index < -0.39 is 31.2 Å². The average Bonchev–Trinajstić information content (AvgIpc) is 2.20. The minimum atomic E-state index is -4.89. The fraction of sp³-hybridized carbons (Fsp3) is 0.778. The maximum atomic E-state index is 11.3. The molecule has 0 spiro atoms. The second-order valence-electron chi connectivity index (χ2n) is 3.87. The van der Waals surface area contributed by atoms with Gasteiger partial charge in [-0.15, -0.1) is 0 Å². The van der Waals surface area contributed by atoms with E-state index in [-0.39, 0.29) is 12.8 Å². The predicted molar refractivity (Wildman–Crippen MR) is 55.6 cm³/mol. The van der Waals surface area contributed by atoms with E-state index in [4.69, 9.17) is 0 Å². The Kier molecular flexibility index (Phi) is 6.37. The van der Waals surface area contributed by atoms with Gasteiger partial charge in [0.05, 0.1) is 19.3 Å². The standard InChI is InChI=1S/C9H18NO6P/c1-6(2)9(17(13,14)15)10-7(11)4-5-8(12)16-3/h6,9H,4-5H2,1-3H3,(H,10,11)(H2,13,14,15)/p-2. The van der Waals surface area contributed by atoms with Crippen LogP contribution in [0.4, 0.5) is 0 Å². The van der Waals surface area contributed by atoms with Crippen LogP contribution in [0.15, 0.2) is 0 Å². The van der Waals surface area contributed by atoms with Crippen LogP contribution in [0.1, 0.15) is 26.7 Å². The summed E-state index contributed by atoms with van der Waals surface area (Å²) in [6.07, 6.45) is -0.370. The molecule has 0 heterocycles. The third-order valence-corrected chi connectivity index (χ3v) is 3.47. The van der Waals surface area contributed by atoms with Crippen molar-refractivity contribution < 1.29 is 28.7 Å². The number of hydrogen-bond donors (Lipinski definition) is 1. The van der Waals surface area contributed by atoms with Crippen molar-refractivity contribution in [1.82, 2.24) is 5.32 Å². The number of ether oxygens (including phenoxy) is 1. The maximum Gasteiger partial charge on any atom is 0.306 e. The van der Waals surface area contributed by atoms with Crippen molar-refractivity contribution in [1.29, 1.82) is 0 Å². The van der Waals surface area contributed by atoms with Crippen LogP contribution in [0.3, 0.4) is 0 Å². The highest BCUT2D eigenvalue weighted by atomic mass is 31.2. The Balaban J connectivity index is 4.34. The van der Waals surface area contributed by atoms with Gasteiger partial charge in [0.15, 0.2) is 0 Å². The lowest BCUT2D eigenvalue weighted by Gasteiger charge is -2.40. The van der Waals surface area contributed by atoms with E-state index >= 15 is 0 Å². The Bertz CT molecular complexity index is 323. The van der Waals surface area contributed by atoms with Crippen LogP contribution in [0.5, 0.6) is 0 Å². The van der Waals surface area contributed by atoms with Crippen molar-refractivity contribution in [3.05, 3.63) is 0 Å². The lowest BCUT2D eigenvalue weighted by atomic mass is 10.2. The first kappa shape index (κ1) is 16.1. The molecule has 7 nitrogen and oxygen atoms in total. The van der Waals surface area contributed by atoms with Crippen molar-refractivity contribution in [2.75, 3.05) is 7.11 Å². The first-order valence-corrected chi connectivity index (χ1v) is 6.67. The van der Waals surface area contributed by atoms with Crippen LogP contribution in [-0.4, -0.2) is 24.8 Å². The minimum absolute atomic E-state index is 0.158. The monoisotopic (exact) mass is 265 g/mol. The van der Waals surface area contributed by atoms with Gasteiger partial charge in [-0.2, -0.15) is 0 Å². The lowest BCUT2D eigenvalue weighted by molar-refractivity contribution is -0.318. The molecule has 0 saturated heterocycles. The van der Waals surface area contributed by atoms with Gasteiger partial charge in [-0.1, -0.05) is 13.8 Å². The molecular weight excluding hydrogens is 249 g/mol. The zero-order valence-corrected chi connectivity index (χ0v) is 10.9. The summed E-state index contributed by atoms with van der Waals surface area (Å²) >= 11 is 0. The third kappa shape index (κ3) is 6.41. The number of amides is 1. The van der Waals surface area contributed by atoms with Crippen LogP contribution in [0, 0.1) is 5.92 Å². The SMILES string of the molecule is COC(=O)CCC(=O)NC(C(C)C)P(=O)([O-])[O-]. The fourth-order valence-corrected chi connectivity index (χ4v) is 2.20. The molecule has 1 amide bonds. The quantitative estimate of drug-likeness (QED) is 0.483. The van der Waals surface area contributed by atoms with Crippen molar-refractivity contribution in [3.8, 4) is 0 Å². The number of carbonyl (C=O) groups is 2. The molecule has 1 N–H and O–H groups in total. The van der Waals surface area contributed by atoms with E-state index in [0.29, 0.717) is 0 Å². The predicted octanol–water partition coefficient (Wildman–Crippen LogP) is -1.05. The summed E-state index contributed by atoms with van der Waals surface area (Å²) in [5, 5.41) is 2.10. The van der Waals surface area contributed by atoms with E-state index in [1.807, 2.05) is 0 Å². The van der Waals surface area contributed by atoms with Crippen molar-refractivity contribution in [3.63, 3.8) is 0 Å². The zero-order valence-electron chi connectivity index (χ0n) is 9.97. The highest BCUT2D eigenvalue weighted by Gasteiger charge is 2.19. The van der Waals surface area contributed by atoms with E-state index in [1.54, 1.807) is 0 Å². The number of nitrogens with one attached hydrogen (secondary N) is 1. The normalized spacial score (nSPS) is 13.3. The van der Waals surface area contributed by atoms with Gasteiger partial charge in [0.2, 0.25) is 5.91 Å². The van der Waals surface area contributed by atoms with Crippen LogP contribution in [0.25, 0.3) is 0 Å². The summed E-state index contributed by atoms with van der Waals surface area (Å²) < 4.78 is 15.2. The maximum absolute atomic E-state index is 11.3. The Morgan fingerprint density at radius 2 is 1.82 bits per heavy atom. The van der Waals surface area contributed by atoms with E-state index in [9.17, 15) is 23.9 Å². The van der Waals surface area contributed by atoms with Gasteiger partial charge in [0.25, 0.3) is 0 Å². The van der Waals surface area contributed by atoms with Crippen LogP contribution in [-0.2, 0) is 18.9 Å². The second kappa shape index (κ2) is 6.74.